The van der Waals surface area contributed by atoms with Gasteiger partial charge in [0.05, 0.1) is 17.9 Å². The molecule has 194 valence electrons. The number of aromatic nitrogens is 1. The Balaban J connectivity index is 2.31. The predicted octanol–water partition coefficient (Wildman–Crippen LogP) is 6.63. The SMILES string of the molecule is CCOC(=O)c1cc(C(F)(F)F)cc(N(/C(=C\C(=O)CC)Nc2cccc(F)c2)c2cccc(F)c2)n1. The van der Waals surface area contributed by atoms with Crippen LogP contribution in [0.1, 0.15) is 36.3 Å². The minimum atomic E-state index is -4.88. The van der Waals surface area contributed by atoms with Gasteiger partial charge in [-0.05, 0) is 55.5 Å². The first-order valence-corrected chi connectivity index (χ1v) is 11.1. The Hall–Kier alpha value is -4.28. The average Bonchev–Trinajstić information content (AvgIpc) is 2.83. The topological polar surface area (TPSA) is 71.5 Å². The minimum absolute atomic E-state index is 0.0232. The van der Waals surface area contributed by atoms with Crippen molar-refractivity contribution < 1.29 is 36.3 Å². The van der Waals surface area contributed by atoms with Crippen molar-refractivity contribution in [3.8, 4) is 0 Å². The number of pyridine rings is 1. The van der Waals surface area contributed by atoms with Crippen LogP contribution in [-0.4, -0.2) is 23.3 Å². The van der Waals surface area contributed by atoms with Crippen molar-refractivity contribution >= 4 is 28.9 Å². The first kappa shape index (κ1) is 27.3. The van der Waals surface area contributed by atoms with Gasteiger partial charge in [0.25, 0.3) is 0 Å². The number of anilines is 3. The molecule has 1 heterocycles. The smallest absolute Gasteiger partial charge is 0.416 e. The van der Waals surface area contributed by atoms with E-state index in [0.717, 1.165) is 29.2 Å². The molecule has 6 nitrogen and oxygen atoms in total. The van der Waals surface area contributed by atoms with Gasteiger partial charge in [-0.2, -0.15) is 13.2 Å². The van der Waals surface area contributed by atoms with E-state index in [2.05, 4.69) is 10.3 Å². The lowest BCUT2D eigenvalue weighted by Crippen LogP contribution is -2.26. The molecule has 0 aliphatic heterocycles. The van der Waals surface area contributed by atoms with Gasteiger partial charge in [-0.15, -0.1) is 0 Å². The van der Waals surface area contributed by atoms with Gasteiger partial charge in [0.15, 0.2) is 11.5 Å². The number of esters is 1. The molecule has 0 fully saturated rings. The average molecular weight is 519 g/mol. The van der Waals surface area contributed by atoms with E-state index in [-0.39, 0.29) is 30.2 Å². The molecule has 0 aliphatic carbocycles. The molecule has 0 saturated heterocycles. The molecule has 0 aliphatic rings. The standard InChI is InChI=1S/C26H22F5N3O3/c1-3-21(35)15-24(32-19-9-5-7-17(27)13-19)34(20-10-6-8-18(28)14-20)23-12-16(26(29,30)31)11-22(33-23)25(36)37-4-2/h5-15,32H,3-4H2,1-2H3/b24-15-. The van der Waals surface area contributed by atoms with Crippen LogP contribution >= 0.6 is 0 Å². The summed E-state index contributed by atoms with van der Waals surface area (Å²) in [5, 5.41) is 2.80. The second-order valence-corrected chi connectivity index (χ2v) is 7.62. The van der Waals surface area contributed by atoms with E-state index in [1.54, 1.807) is 6.92 Å². The molecule has 11 heteroatoms. The molecule has 3 rings (SSSR count). The van der Waals surface area contributed by atoms with Gasteiger partial charge < -0.3 is 10.1 Å². The molecule has 2 aromatic carbocycles. The van der Waals surface area contributed by atoms with Gasteiger partial charge in [-0.1, -0.05) is 19.1 Å². The molecular weight excluding hydrogens is 497 g/mol. The fraction of sp³-hybridized carbons (Fsp3) is 0.192. The van der Waals surface area contributed by atoms with E-state index in [1.807, 2.05) is 0 Å². The number of benzene rings is 2. The Labute approximate surface area is 209 Å². The number of allylic oxidation sites excluding steroid dienone is 1. The highest BCUT2D eigenvalue weighted by Gasteiger charge is 2.34. The first-order chi connectivity index (χ1) is 17.5. The number of nitrogens with one attached hydrogen (secondary N) is 1. The Morgan fingerprint density at radius 1 is 1.00 bits per heavy atom. The number of nitrogens with zero attached hydrogens (tertiary/aromatic N) is 2. The summed E-state index contributed by atoms with van der Waals surface area (Å²) in [6.45, 7) is 2.93. The number of rotatable bonds is 9. The van der Waals surface area contributed by atoms with Gasteiger partial charge in [-0.25, -0.2) is 18.6 Å². The van der Waals surface area contributed by atoms with Crippen LogP contribution in [0.2, 0.25) is 0 Å². The number of ketones is 1. The maximum absolute atomic E-state index is 14.2. The normalized spacial score (nSPS) is 11.7. The van der Waals surface area contributed by atoms with Crippen LogP contribution in [0.15, 0.2) is 72.6 Å². The minimum Gasteiger partial charge on any atom is -0.461 e. The molecule has 37 heavy (non-hydrogen) atoms. The van der Waals surface area contributed by atoms with Crippen molar-refractivity contribution in [3.05, 3.63) is 95.5 Å². The van der Waals surface area contributed by atoms with E-state index < -0.39 is 46.6 Å². The Kier molecular flexibility index (Phi) is 8.59. The summed E-state index contributed by atoms with van der Waals surface area (Å²) in [5.74, 6) is -3.54. The van der Waals surface area contributed by atoms with Crippen molar-refractivity contribution in [1.82, 2.24) is 4.98 Å². The first-order valence-electron chi connectivity index (χ1n) is 11.1. The molecule has 0 amide bonds. The van der Waals surface area contributed by atoms with E-state index in [0.29, 0.717) is 12.1 Å². The molecule has 3 aromatic rings. The largest absolute Gasteiger partial charge is 0.461 e. The maximum Gasteiger partial charge on any atom is 0.416 e. The Morgan fingerprint density at radius 3 is 2.27 bits per heavy atom. The van der Waals surface area contributed by atoms with Crippen LogP contribution in [0.25, 0.3) is 0 Å². The summed E-state index contributed by atoms with van der Waals surface area (Å²) in [4.78, 5) is 29.9. The third kappa shape index (κ3) is 7.12. The van der Waals surface area contributed by atoms with E-state index in [1.165, 1.54) is 37.3 Å². The fourth-order valence-corrected chi connectivity index (χ4v) is 3.24. The van der Waals surface area contributed by atoms with Crippen LogP contribution in [0.4, 0.5) is 39.1 Å². The molecule has 0 atom stereocenters. The molecule has 1 aromatic heterocycles. The van der Waals surface area contributed by atoms with Crippen LogP contribution < -0.4 is 10.2 Å². The summed E-state index contributed by atoms with van der Waals surface area (Å²) in [6.07, 6.45) is -3.79. The van der Waals surface area contributed by atoms with Crippen molar-refractivity contribution in [2.45, 2.75) is 26.4 Å². The number of ether oxygens (including phenoxy) is 1. The van der Waals surface area contributed by atoms with Crippen molar-refractivity contribution in [2.24, 2.45) is 0 Å². The third-order valence-electron chi connectivity index (χ3n) is 4.90. The molecule has 0 spiro atoms. The number of alkyl halides is 3. The van der Waals surface area contributed by atoms with Crippen LogP contribution in [0.5, 0.6) is 0 Å². The highest BCUT2D eigenvalue weighted by molar-refractivity contribution is 5.92. The van der Waals surface area contributed by atoms with Crippen LogP contribution in [-0.2, 0) is 15.7 Å². The molecular formula is C26H22F5N3O3. The van der Waals surface area contributed by atoms with E-state index >= 15 is 0 Å². The summed E-state index contributed by atoms with van der Waals surface area (Å²) in [6, 6.07) is 11.1. The van der Waals surface area contributed by atoms with Gasteiger partial charge in [0, 0.05) is 18.2 Å². The van der Waals surface area contributed by atoms with E-state index in [9.17, 15) is 31.5 Å². The number of hydrogen-bond donors (Lipinski definition) is 1. The quantitative estimate of drug-likeness (QED) is 0.195. The maximum atomic E-state index is 14.2. The highest BCUT2D eigenvalue weighted by Crippen LogP contribution is 2.36. The van der Waals surface area contributed by atoms with Gasteiger partial charge in [0.2, 0.25) is 0 Å². The summed E-state index contributed by atoms with van der Waals surface area (Å²) < 4.78 is 74.3. The molecule has 1 N–H and O–H groups in total. The molecule has 0 saturated carbocycles. The summed E-state index contributed by atoms with van der Waals surface area (Å²) in [7, 11) is 0. The third-order valence-corrected chi connectivity index (χ3v) is 4.90. The Bertz CT molecular complexity index is 1320. The van der Waals surface area contributed by atoms with Crippen LogP contribution in [0.3, 0.4) is 0 Å². The van der Waals surface area contributed by atoms with Crippen molar-refractivity contribution in [2.75, 3.05) is 16.8 Å². The van der Waals surface area contributed by atoms with E-state index in [4.69, 9.17) is 4.74 Å². The monoisotopic (exact) mass is 519 g/mol. The van der Waals surface area contributed by atoms with Crippen molar-refractivity contribution in [1.29, 1.82) is 0 Å². The Morgan fingerprint density at radius 2 is 1.68 bits per heavy atom. The van der Waals surface area contributed by atoms with Crippen molar-refractivity contribution in [3.63, 3.8) is 0 Å². The zero-order valence-electron chi connectivity index (χ0n) is 19.8. The summed E-state index contributed by atoms with van der Waals surface area (Å²) >= 11 is 0. The summed E-state index contributed by atoms with van der Waals surface area (Å²) in [5.41, 5.74) is -1.76. The number of hydrogen-bond acceptors (Lipinski definition) is 6. The number of halogens is 5. The molecule has 0 bridgehead atoms. The predicted molar refractivity (Wildman–Crippen MR) is 127 cm³/mol. The zero-order chi connectivity index (χ0) is 27.2. The highest BCUT2D eigenvalue weighted by atomic mass is 19.4. The second-order valence-electron chi connectivity index (χ2n) is 7.62. The second kappa shape index (κ2) is 11.6. The lowest BCUT2D eigenvalue weighted by molar-refractivity contribution is -0.137. The van der Waals surface area contributed by atoms with Gasteiger partial charge in [-0.3, -0.25) is 9.69 Å². The number of carbonyl (C=O) groups is 2. The number of carbonyl (C=O) groups excluding carboxylic acids is 2. The van der Waals surface area contributed by atoms with Gasteiger partial charge >= 0.3 is 12.1 Å². The molecule has 0 unspecified atom stereocenters. The molecule has 0 radical (unpaired) electrons. The lowest BCUT2D eigenvalue weighted by Gasteiger charge is -2.28. The lowest BCUT2D eigenvalue weighted by atomic mass is 10.1. The fourth-order valence-electron chi connectivity index (χ4n) is 3.24. The zero-order valence-corrected chi connectivity index (χ0v) is 19.8. The van der Waals surface area contributed by atoms with Gasteiger partial charge in [0.1, 0.15) is 23.3 Å². The van der Waals surface area contributed by atoms with Crippen LogP contribution in [0, 0.1) is 11.6 Å².